The number of amides is 1. The van der Waals surface area contributed by atoms with Crippen LogP contribution in [0.1, 0.15) is 12.5 Å². The Bertz CT molecular complexity index is 451. The third-order valence-corrected chi connectivity index (χ3v) is 2.96. The van der Waals surface area contributed by atoms with Gasteiger partial charge in [0.05, 0.1) is 4.90 Å². The summed E-state index contributed by atoms with van der Waals surface area (Å²) < 4.78 is 23.0. The van der Waals surface area contributed by atoms with Gasteiger partial charge in [0.15, 0.2) is 0 Å². The molecule has 0 aromatic heterocycles. The molecule has 0 aliphatic heterocycles. The van der Waals surface area contributed by atoms with Crippen LogP contribution in [0.5, 0.6) is 0 Å². The van der Waals surface area contributed by atoms with Crippen molar-refractivity contribution in [1.82, 2.24) is 10.3 Å². The van der Waals surface area contributed by atoms with E-state index in [0.29, 0.717) is 0 Å². The maximum absolute atomic E-state index is 11.5. The lowest BCUT2D eigenvalue weighted by molar-refractivity contribution is -0.119. The standard InChI is InChI=1S/C9H12N2O3S/c1-7-3-5-9(6-4-7)15(13,14)11-10-8(2)12/h3-6,11H,1-2H3,(H,10,12). The van der Waals surface area contributed by atoms with Gasteiger partial charge in [-0.1, -0.05) is 17.7 Å². The third kappa shape index (κ3) is 3.34. The van der Waals surface area contributed by atoms with Crippen molar-refractivity contribution in [3.05, 3.63) is 29.8 Å². The molecule has 2 N–H and O–H groups in total. The van der Waals surface area contributed by atoms with Crippen molar-refractivity contribution in [2.75, 3.05) is 0 Å². The van der Waals surface area contributed by atoms with E-state index >= 15 is 0 Å². The summed E-state index contributed by atoms with van der Waals surface area (Å²) in [6.07, 6.45) is 0. The molecule has 0 radical (unpaired) electrons. The molecule has 15 heavy (non-hydrogen) atoms. The first-order chi connectivity index (χ1) is 6.92. The summed E-state index contributed by atoms with van der Waals surface area (Å²) in [6, 6.07) is 6.31. The zero-order chi connectivity index (χ0) is 11.5. The van der Waals surface area contributed by atoms with Crippen molar-refractivity contribution in [1.29, 1.82) is 0 Å². The normalized spacial score (nSPS) is 11.1. The molecule has 1 amide bonds. The van der Waals surface area contributed by atoms with E-state index in [0.717, 1.165) is 5.56 Å². The highest BCUT2D eigenvalue weighted by molar-refractivity contribution is 7.89. The molecule has 0 saturated heterocycles. The molecule has 0 bridgehead atoms. The van der Waals surface area contributed by atoms with Crippen LogP contribution in [0.2, 0.25) is 0 Å². The van der Waals surface area contributed by atoms with Gasteiger partial charge < -0.3 is 0 Å². The highest BCUT2D eigenvalue weighted by Gasteiger charge is 2.12. The van der Waals surface area contributed by atoms with Gasteiger partial charge >= 0.3 is 0 Å². The Balaban J connectivity index is 2.87. The van der Waals surface area contributed by atoms with Crippen molar-refractivity contribution in [3.63, 3.8) is 0 Å². The molecule has 0 atom stereocenters. The molecule has 0 aliphatic carbocycles. The monoisotopic (exact) mass is 228 g/mol. The number of carbonyl (C=O) groups is 1. The molecular weight excluding hydrogens is 216 g/mol. The number of aryl methyl sites for hydroxylation is 1. The number of benzene rings is 1. The van der Waals surface area contributed by atoms with Crippen LogP contribution in [0.15, 0.2) is 29.2 Å². The summed E-state index contributed by atoms with van der Waals surface area (Å²) in [7, 11) is -3.65. The van der Waals surface area contributed by atoms with Gasteiger partial charge in [-0.05, 0) is 19.1 Å². The second kappa shape index (κ2) is 4.41. The van der Waals surface area contributed by atoms with E-state index in [1.54, 1.807) is 12.1 Å². The maximum Gasteiger partial charge on any atom is 0.257 e. The third-order valence-electron chi connectivity index (χ3n) is 1.69. The van der Waals surface area contributed by atoms with Crippen LogP contribution < -0.4 is 10.3 Å². The molecule has 0 aliphatic rings. The number of sulfonamides is 1. The van der Waals surface area contributed by atoms with Crippen molar-refractivity contribution >= 4 is 15.9 Å². The van der Waals surface area contributed by atoms with Crippen LogP contribution in [0, 0.1) is 6.92 Å². The van der Waals surface area contributed by atoms with Crippen molar-refractivity contribution < 1.29 is 13.2 Å². The molecule has 1 aromatic carbocycles. The van der Waals surface area contributed by atoms with Crippen LogP contribution in [0.25, 0.3) is 0 Å². The number of nitrogens with one attached hydrogen (secondary N) is 2. The molecule has 0 saturated carbocycles. The summed E-state index contributed by atoms with van der Waals surface area (Å²) in [6.45, 7) is 3.08. The predicted octanol–water partition coefficient (Wildman–Crippen LogP) is 0.324. The van der Waals surface area contributed by atoms with Crippen LogP contribution in [0.4, 0.5) is 0 Å². The quantitative estimate of drug-likeness (QED) is 0.732. The number of carbonyl (C=O) groups excluding carboxylic acids is 1. The van der Waals surface area contributed by atoms with E-state index in [1.165, 1.54) is 19.1 Å². The van der Waals surface area contributed by atoms with Gasteiger partial charge in [0.1, 0.15) is 0 Å². The zero-order valence-electron chi connectivity index (χ0n) is 8.44. The second-order valence-electron chi connectivity index (χ2n) is 3.10. The van der Waals surface area contributed by atoms with E-state index < -0.39 is 15.9 Å². The molecule has 0 heterocycles. The Morgan fingerprint density at radius 1 is 1.20 bits per heavy atom. The number of hydrogen-bond acceptors (Lipinski definition) is 3. The summed E-state index contributed by atoms with van der Waals surface area (Å²) in [5, 5.41) is 0. The van der Waals surface area contributed by atoms with Crippen molar-refractivity contribution in [2.24, 2.45) is 0 Å². The molecule has 0 fully saturated rings. The van der Waals surface area contributed by atoms with Gasteiger partial charge in [-0.25, -0.2) is 8.42 Å². The molecule has 0 unspecified atom stereocenters. The molecule has 1 aromatic rings. The fourth-order valence-corrected chi connectivity index (χ4v) is 1.81. The number of hydrazine groups is 1. The smallest absolute Gasteiger partial charge is 0.257 e. The average Bonchev–Trinajstić information content (AvgIpc) is 2.16. The minimum Gasteiger partial charge on any atom is -0.278 e. The van der Waals surface area contributed by atoms with Crippen LogP contribution in [0.3, 0.4) is 0 Å². The van der Waals surface area contributed by atoms with Crippen LogP contribution in [-0.2, 0) is 14.8 Å². The first kappa shape index (κ1) is 11.7. The Morgan fingerprint density at radius 3 is 2.20 bits per heavy atom. The summed E-state index contributed by atoms with van der Waals surface area (Å²) in [4.78, 5) is 12.6. The molecule has 5 nitrogen and oxygen atoms in total. The molecule has 1 rings (SSSR count). The van der Waals surface area contributed by atoms with Gasteiger partial charge in [0.25, 0.3) is 10.0 Å². The summed E-state index contributed by atoms with van der Waals surface area (Å²) in [5.41, 5.74) is 2.99. The van der Waals surface area contributed by atoms with E-state index in [2.05, 4.69) is 0 Å². The SMILES string of the molecule is CC(=O)NNS(=O)(=O)c1ccc(C)cc1. The Hall–Kier alpha value is -1.40. The molecule has 0 spiro atoms. The second-order valence-corrected chi connectivity index (χ2v) is 4.78. The highest BCUT2D eigenvalue weighted by Crippen LogP contribution is 2.08. The van der Waals surface area contributed by atoms with Crippen molar-refractivity contribution in [2.45, 2.75) is 18.7 Å². The van der Waals surface area contributed by atoms with Gasteiger partial charge in [-0.3, -0.25) is 10.2 Å². The summed E-state index contributed by atoms with van der Waals surface area (Å²) in [5.74, 6) is -0.467. The number of hydrogen-bond donors (Lipinski definition) is 2. The van der Waals surface area contributed by atoms with Crippen LogP contribution in [-0.4, -0.2) is 14.3 Å². The average molecular weight is 228 g/mol. The van der Waals surface area contributed by atoms with E-state index in [-0.39, 0.29) is 4.90 Å². The highest BCUT2D eigenvalue weighted by atomic mass is 32.2. The minimum atomic E-state index is -3.65. The van der Waals surface area contributed by atoms with Crippen molar-refractivity contribution in [3.8, 4) is 0 Å². The fourth-order valence-electron chi connectivity index (χ4n) is 0.915. The van der Waals surface area contributed by atoms with Gasteiger partial charge in [0.2, 0.25) is 5.91 Å². The zero-order valence-corrected chi connectivity index (χ0v) is 9.26. The summed E-state index contributed by atoms with van der Waals surface area (Å²) >= 11 is 0. The molecule has 82 valence electrons. The fraction of sp³-hybridized carbons (Fsp3) is 0.222. The lowest BCUT2D eigenvalue weighted by Crippen LogP contribution is -2.40. The number of rotatable bonds is 3. The Morgan fingerprint density at radius 2 is 1.73 bits per heavy atom. The lowest BCUT2D eigenvalue weighted by Gasteiger charge is -2.06. The first-order valence-electron chi connectivity index (χ1n) is 4.27. The topological polar surface area (TPSA) is 75.3 Å². The molecule has 6 heteroatoms. The van der Waals surface area contributed by atoms with E-state index in [4.69, 9.17) is 0 Å². The van der Waals surface area contributed by atoms with E-state index in [1.807, 2.05) is 17.2 Å². The van der Waals surface area contributed by atoms with Gasteiger partial charge in [-0.2, -0.15) is 0 Å². The minimum absolute atomic E-state index is 0.113. The molecular formula is C9H12N2O3S. The lowest BCUT2D eigenvalue weighted by atomic mass is 10.2. The Labute approximate surface area is 88.5 Å². The first-order valence-corrected chi connectivity index (χ1v) is 5.75. The van der Waals surface area contributed by atoms with Gasteiger partial charge in [0, 0.05) is 6.92 Å². The predicted molar refractivity (Wildman–Crippen MR) is 55.3 cm³/mol. The largest absolute Gasteiger partial charge is 0.278 e. The Kier molecular flexibility index (Phi) is 3.43. The van der Waals surface area contributed by atoms with Crippen LogP contribution >= 0.6 is 0 Å². The maximum atomic E-state index is 11.5. The van der Waals surface area contributed by atoms with E-state index in [9.17, 15) is 13.2 Å². The van der Waals surface area contributed by atoms with Gasteiger partial charge in [-0.15, -0.1) is 4.83 Å².